The number of hydrogen-bond donors (Lipinski definition) is 0. The van der Waals surface area contributed by atoms with Gasteiger partial charge in [0.15, 0.2) is 0 Å². The highest BCUT2D eigenvalue weighted by molar-refractivity contribution is 6.08. The van der Waals surface area contributed by atoms with Gasteiger partial charge in [0.2, 0.25) is 0 Å². The maximum absolute atomic E-state index is 5.01. The Morgan fingerprint density at radius 2 is 2.40 bits per heavy atom. The minimum atomic E-state index is 0.622. The molecule has 0 aliphatic rings. The van der Waals surface area contributed by atoms with E-state index >= 15 is 0 Å². The zero-order valence-electron chi connectivity index (χ0n) is 3.40. The van der Waals surface area contributed by atoms with Crippen molar-refractivity contribution >= 4 is 7.85 Å². The molecule has 0 spiro atoms. The fraction of sp³-hybridized carbons (Fsp3) is 1.00. The summed E-state index contributed by atoms with van der Waals surface area (Å²) in [5.41, 5.74) is 0. The second kappa shape index (κ2) is 4.02. The summed E-state index contributed by atoms with van der Waals surface area (Å²) in [6, 6.07) is 0. The van der Waals surface area contributed by atoms with Gasteiger partial charge in [0, 0.05) is 13.7 Å². The molecule has 0 aromatic carbocycles. The van der Waals surface area contributed by atoms with Gasteiger partial charge in [0.1, 0.15) is 0 Å². The summed E-state index contributed by atoms with van der Waals surface area (Å²) in [6.07, 6.45) is 0.622. The van der Waals surface area contributed by atoms with Gasteiger partial charge in [-0.2, -0.15) is 0 Å². The van der Waals surface area contributed by atoms with Crippen LogP contribution in [0.2, 0.25) is 6.32 Å². The third-order valence-corrected chi connectivity index (χ3v) is 0.322. The second-order valence-electron chi connectivity index (χ2n) is 0.781. The molecule has 2 heteroatoms. The lowest BCUT2D eigenvalue weighted by molar-refractivity contribution is 0.216. The summed E-state index contributed by atoms with van der Waals surface area (Å²) < 4.78 is 4.57. The Morgan fingerprint density at radius 1 is 1.80 bits per heavy atom. The highest BCUT2D eigenvalue weighted by Gasteiger charge is 1.66. The van der Waals surface area contributed by atoms with Crippen molar-refractivity contribution in [2.45, 2.75) is 6.32 Å². The van der Waals surface area contributed by atoms with E-state index in [9.17, 15) is 0 Å². The Hall–Kier alpha value is 0.0249. The lowest BCUT2D eigenvalue weighted by Crippen LogP contribution is -1.82. The van der Waals surface area contributed by atoms with Gasteiger partial charge in [-0.1, -0.05) is 6.32 Å². The van der Waals surface area contributed by atoms with E-state index in [2.05, 4.69) is 4.74 Å². The van der Waals surface area contributed by atoms with Crippen LogP contribution in [-0.2, 0) is 4.74 Å². The lowest BCUT2D eigenvalue weighted by atomic mass is 10.1. The molecule has 28 valence electrons. The summed E-state index contributed by atoms with van der Waals surface area (Å²) in [7, 11) is 6.65. The van der Waals surface area contributed by atoms with Crippen molar-refractivity contribution in [2.75, 3.05) is 13.7 Å². The van der Waals surface area contributed by atoms with E-state index in [0.29, 0.717) is 12.9 Å². The molecule has 0 heterocycles. The highest BCUT2D eigenvalue weighted by atomic mass is 16.5. The van der Waals surface area contributed by atoms with E-state index in [1.54, 1.807) is 7.11 Å². The normalized spacial score (nSPS) is 8.20. The van der Waals surface area contributed by atoms with Crippen molar-refractivity contribution in [1.29, 1.82) is 0 Å². The molecule has 0 N–H and O–H groups in total. The molecule has 0 rings (SSSR count). The maximum Gasteiger partial charge on any atom is 0.0684 e. The fourth-order valence-corrected chi connectivity index (χ4v) is 0.118. The van der Waals surface area contributed by atoms with Crippen molar-refractivity contribution < 1.29 is 4.74 Å². The van der Waals surface area contributed by atoms with Crippen LogP contribution >= 0.6 is 0 Å². The monoisotopic (exact) mass is 70.1 g/mol. The van der Waals surface area contributed by atoms with Crippen LogP contribution in [-0.4, -0.2) is 21.6 Å². The van der Waals surface area contributed by atoms with Crippen LogP contribution in [0.5, 0.6) is 0 Å². The van der Waals surface area contributed by atoms with Crippen molar-refractivity contribution in [3.63, 3.8) is 0 Å². The molecule has 0 unspecified atom stereocenters. The predicted molar refractivity (Wildman–Crippen MR) is 22.4 cm³/mol. The van der Waals surface area contributed by atoms with Crippen LogP contribution in [0.15, 0.2) is 0 Å². The van der Waals surface area contributed by atoms with E-state index in [1.807, 2.05) is 0 Å². The van der Waals surface area contributed by atoms with Gasteiger partial charge < -0.3 is 4.74 Å². The van der Waals surface area contributed by atoms with E-state index in [-0.39, 0.29) is 0 Å². The molecule has 0 fully saturated rings. The summed E-state index contributed by atoms with van der Waals surface area (Å²) >= 11 is 0. The number of rotatable bonds is 2. The van der Waals surface area contributed by atoms with E-state index in [0.717, 1.165) is 0 Å². The molecule has 0 aromatic rings. The molecule has 5 heavy (non-hydrogen) atoms. The Kier molecular flexibility index (Phi) is 4.05. The average molecular weight is 69.9 g/mol. The van der Waals surface area contributed by atoms with Crippen LogP contribution in [0.1, 0.15) is 0 Å². The largest absolute Gasteiger partial charge is 0.385 e. The van der Waals surface area contributed by atoms with E-state index < -0.39 is 0 Å². The molecule has 2 radical (unpaired) electrons. The Balaban J connectivity index is 2.19. The van der Waals surface area contributed by atoms with Gasteiger partial charge in [-0.05, 0) is 0 Å². The van der Waals surface area contributed by atoms with Crippen LogP contribution < -0.4 is 0 Å². The molecule has 0 amide bonds. The Labute approximate surface area is 33.7 Å². The zero-order valence-corrected chi connectivity index (χ0v) is 3.40. The average Bonchev–Trinajstić information content (AvgIpc) is 1.41. The second-order valence-corrected chi connectivity index (χ2v) is 0.781. The van der Waals surface area contributed by atoms with E-state index in [1.165, 1.54) is 0 Å². The fourth-order valence-electron chi connectivity index (χ4n) is 0.118. The minimum absolute atomic E-state index is 0.622. The summed E-state index contributed by atoms with van der Waals surface area (Å²) in [6.45, 7) is 0.667. The first-order valence-corrected chi connectivity index (χ1v) is 1.61. The summed E-state index contributed by atoms with van der Waals surface area (Å²) in [5.74, 6) is 0. The standard InChI is InChI=1S/C3H7BO/c1-5-3-2-4/h2-3H2,1H3. The quantitative estimate of drug-likeness (QED) is 0.422. The van der Waals surface area contributed by atoms with Crippen LogP contribution in [0.3, 0.4) is 0 Å². The molecule has 0 aliphatic heterocycles. The molecule has 0 saturated heterocycles. The summed E-state index contributed by atoms with van der Waals surface area (Å²) in [4.78, 5) is 0. The van der Waals surface area contributed by atoms with Crippen LogP contribution in [0, 0.1) is 0 Å². The van der Waals surface area contributed by atoms with Crippen molar-refractivity contribution in [3.05, 3.63) is 0 Å². The molecule has 0 aliphatic carbocycles. The molecule has 1 nitrogen and oxygen atoms in total. The minimum Gasteiger partial charge on any atom is -0.385 e. The number of methoxy groups -OCH3 is 1. The third-order valence-electron chi connectivity index (χ3n) is 0.322. The van der Waals surface area contributed by atoms with Crippen LogP contribution in [0.4, 0.5) is 0 Å². The molecule has 0 atom stereocenters. The molecular formula is C3H7BO. The topological polar surface area (TPSA) is 9.23 Å². The van der Waals surface area contributed by atoms with Crippen molar-refractivity contribution in [3.8, 4) is 0 Å². The van der Waals surface area contributed by atoms with Gasteiger partial charge in [0.25, 0.3) is 0 Å². The smallest absolute Gasteiger partial charge is 0.0684 e. The summed E-state index contributed by atoms with van der Waals surface area (Å²) in [5, 5.41) is 0. The maximum atomic E-state index is 5.01. The van der Waals surface area contributed by atoms with E-state index in [4.69, 9.17) is 7.85 Å². The van der Waals surface area contributed by atoms with Gasteiger partial charge in [-0.3, -0.25) is 0 Å². The molecule has 0 bridgehead atoms. The zero-order chi connectivity index (χ0) is 4.12. The molecule has 0 aromatic heterocycles. The molecule has 0 saturated carbocycles. The highest BCUT2D eigenvalue weighted by Crippen LogP contribution is 1.67. The number of ether oxygens (including phenoxy) is 1. The third kappa shape index (κ3) is 4.02. The van der Waals surface area contributed by atoms with Crippen molar-refractivity contribution in [2.24, 2.45) is 0 Å². The SMILES string of the molecule is [B]CCOC. The van der Waals surface area contributed by atoms with Gasteiger partial charge in [-0.25, -0.2) is 0 Å². The Bertz CT molecular complexity index is 14.4. The number of hydrogen-bond acceptors (Lipinski definition) is 1. The van der Waals surface area contributed by atoms with Gasteiger partial charge in [0.05, 0.1) is 7.85 Å². The van der Waals surface area contributed by atoms with Crippen molar-refractivity contribution in [1.82, 2.24) is 0 Å². The first-order chi connectivity index (χ1) is 2.41. The first kappa shape index (κ1) is 5.02. The Morgan fingerprint density at radius 3 is 2.40 bits per heavy atom. The van der Waals surface area contributed by atoms with Gasteiger partial charge >= 0.3 is 0 Å². The first-order valence-electron chi connectivity index (χ1n) is 1.61. The predicted octanol–water partition coefficient (Wildman–Crippen LogP) is 0.220. The molecular weight excluding hydrogens is 62.8 g/mol. The lowest BCUT2D eigenvalue weighted by Gasteiger charge is -1.84. The van der Waals surface area contributed by atoms with Gasteiger partial charge in [-0.15, -0.1) is 0 Å². The van der Waals surface area contributed by atoms with Crippen LogP contribution in [0.25, 0.3) is 0 Å².